The average molecular weight is 611 g/mol. The van der Waals surface area contributed by atoms with Crippen LogP contribution in [0.5, 0.6) is 0 Å². The predicted octanol–water partition coefficient (Wildman–Crippen LogP) is -1.24. The molecule has 2 N–H and O–H groups in total. The molecule has 0 saturated carbocycles. The number of carboxylic acids is 2. The molecule has 0 spiro atoms. The molecule has 3 aromatic rings. The van der Waals surface area contributed by atoms with Crippen molar-refractivity contribution >= 4 is 40.1 Å². The molecule has 4 unspecified atom stereocenters. The maximum Gasteiger partial charge on any atom is 1.00 e. The normalized spacial score (nSPS) is 19.0. The van der Waals surface area contributed by atoms with Gasteiger partial charge in [-0.25, -0.2) is 0 Å². The molecule has 0 aromatic carbocycles. The van der Waals surface area contributed by atoms with E-state index < -0.39 is 11.9 Å². The maximum atomic E-state index is 11.4. The number of nitrogens with one attached hydrogen (secondary N) is 2. The van der Waals surface area contributed by atoms with Gasteiger partial charge in [0.1, 0.15) is 0 Å². The van der Waals surface area contributed by atoms with E-state index in [0.29, 0.717) is 6.42 Å². The van der Waals surface area contributed by atoms with E-state index in [9.17, 15) is 19.8 Å². The number of aromatic amines is 2. The first-order valence-electron chi connectivity index (χ1n) is 14.4. The first kappa shape index (κ1) is 36.0. The third kappa shape index (κ3) is 7.01. The molecule has 8 bridgehead atoms. The Balaban J connectivity index is 0.00000264. The summed E-state index contributed by atoms with van der Waals surface area (Å²) in [6.07, 6.45) is 4.21. The Morgan fingerprint density at radius 1 is 0.795 bits per heavy atom. The van der Waals surface area contributed by atoms with Crippen LogP contribution in [0.15, 0.2) is 43.5 Å². The van der Waals surface area contributed by atoms with E-state index in [0.717, 1.165) is 67.1 Å². The molecule has 5 heterocycles. The van der Waals surface area contributed by atoms with Gasteiger partial charge in [0.2, 0.25) is 0 Å². The minimum atomic E-state index is -1.12. The van der Waals surface area contributed by atoms with Gasteiger partial charge in [-0.1, -0.05) is 32.6 Å². The summed E-state index contributed by atoms with van der Waals surface area (Å²) in [5, 5.41) is 22.9. The molecule has 4 atom stereocenters. The van der Waals surface area contributed by atoms with E-state index in [2.05, 4.69) is 43.0 Å². The van der Waals surface area contributed by atoms with Crippen LogP contribution in [-0.2, 0) is 16.0 Å². The molecule has 0 aliphatic carbocycles. The van der Waals surface area contributed by atoms with Crippen LogP contribution in [0.2, 0.25) is 0 Å². The van der Waals surface area contributed by atoms with Crippen LogP contribution in [0.1, 0.15) is 102 Å². The average Bonchev–Trinajstić information content (AvgIpc) is 3.59. The van der Waals surface area contributed by atoms with Gasteiger partial charge in [-0.3, -0.25) is 9.97 Å². The predicted molar refractivity (Wildman–Crippen MR) is 161 cm³/mol. The van der Waals surface area contributed by atoms with Crippen molar-refractivity contribution in [1.29, 1.82) is 0 Å². The molecule has 0 radical (unpaired) electrons. The van der Waals surface area contributed by atoms with Crippen molar-refractivity contribution in [3.63, 3.8) is 0 Å². The molecule has 218 valence electrons. The Morgan fingerprint density at radius 3 is 1.98 bits per heavy atom. The maximum absolute atomic E-state index is 11.4. The van der Waals surface area contributed by atoms with Crippen molar-refractivity contribution in [2.45, 2.75) is 77.0 Å². The molecular weight excluding hydrogens is 574 g/mol. The molecule has 44 heavy (non-hydrogen) atoms. The summed E-state index contributed by atoms with van der Waals surface area (Å²) >= 11 is 0. The zero-order valence-corrected chi connectivity index (χ0v) is 30.5. The smallest absolute Gasteiger partial charge is 0.550 e. The molecule has 0 fully saturated rings. The Bertz CT molecular complexity index is 1770. The van der Waals surface area contributed by atoms with Crippen LogP contribution in [0.3, 0.4) is 0 Å². The molecule has 2 aliphatic rings. The second kappa shape index (κ2) is 14.8. The number of H-pyrrole nitrogens is 2. The topological polar surface area (TPSA) is 138 Å². The molecule has 0 amide bonds. The van der Waals surface area contributed by atoms with Crippen LogP contribution in [-0.4, -0.2) is 31.9 Å². The van der Waals surface area contributed by atoms with Crippen molar-refractivity contribution in [3.05, 3.63) is 88.5 Å². The number of aliphatic carboxylic acids is 2. The van der Waals surface area contributed by atoms with Crippen molar-refractivity contribution < 1.29 is 78.9 Å². The van der Waals surface area contributed by atoms with Crippen molar-refractivity contribution in [3.8, 4) is 0 Å². The largest absolute Gasteiger partial charge is 1.00 e. The quantitative estimate of drug-likeness (QED) is 0.242. The zero-order chi connectivity index (χ0) is 30.3. The summed E-state index contributed by atoms with van der Waals surface area (Å²) in [7, 11) is 0. The number of nitrogens with zero attached hydrogens (tertiary/aromatic N) is 2. The molecule has 5 rings (SSSR count). The van der Waals surface area contributed by atoms with E-state index >= 15 is 0 Å². The SMILES string of the molecule is C=Cc1c(C)c2cc3nc(cc4[nH]c(cc5nc(cc1[nH]2)C(C)C5C=C)c(C)c4CCC(=O)[O-])C(CCC(=O)[O-])C3C.[Na+].[Na+]. The Hall–Kier alpha value is -2.46. The molecule has 8 nitrogen and oxygen atoms in total. The molecule has 2 aliphatic heterocycles. The summed E-state index contributed by atoms with van der Waals surface area (Å²) in [5.74, 6) is -2.34. The monoisotopic (exact) mass is 610 g/mol. The van der Waals surface area contributed by atoms with Crippen molar-refractivity contribution in [2.75, 3.05) is 0 Å². The fraction of sp³-hybridized carbons (Fsp3) is 0.353. The number of carbonyl (C=O) groups excluding carboxylic acids is 2. The summed E-state index contributed by atoms with van der Waals surface area (Å²) in [6, 6.07) is 8.06. The number of fused-ring (bicyclic) bond motifs is 8. The van der Waals surface area contributed by atoms with Gasteiger partial charge in [-0.05, 0) is 80.5 Å². The number of carbonyl (C=O) groups is 2. The van der Waals surface area contributed by atoms with E-state index in [1.54, 1.807) is 0 Å². The second-order valence-corrected chi connectivity index (χ2v) is 11.5. The molecule has 0 saturated heterocycles. The summed E-state index contributed by atoms with van der Waals surface area (Å²) < 4.78 is 0. The fourth-order valence-electron chi connectivity index (χ4n) is 6.41. The van der Waals surface area contributed by atoms with Gasteiger partial charge >= 0.3 is 59.1 Å². The number of aromatic nitrogens is 4. The molecular formula is C34H36N4Na2O4. The van der Waals surface area contributed by atoms with Gasteiger partial charge in [0.25, 0.3) is 0 Å². The summed E-state index contributed by atoms with van der Waals surface area (Å²) in [6.45, 7) is 16.3. The van der Waals surface area contributed by atoms with Crippen molar-refractivity contribution in [1.82, 2.24) is 19.9 Å². The van der Waals surface area contributed by atoms with Gasteiger partial charge in [-0.15, -0.1) is 6.58 Å². The number of allylic oxidation sites excluding steroid dienone is 1. The molecule has 10 heteroatoms. The van der Waals surface area contributed by atoms with Crippen LogP contribution >= 0.6 is 0 Å². The van der Waals surface area contributed by atoms with Crippen LogP contribution in [0, 0.1) is 13.8 Å². The first-order valence-corrected chi connectivity index (χ1v) is 14.4. The Labute approximate surface area is 302 Å². The second-order valence-electron chi connectivity index (χ2n) is 11.5. The number of hydrogen-bond donors (Lipinski definition) is 2. The molecule has 3 aromatic heterocycles. The van der Waals surface area contributed by atoms with E-state index in [1.165, 1.54) is 0 Å². The van der Waals surface area contributed by atoms with Gasteiger partial charge in [0.15, 0.2) is 0 Å². The van der Waals surface area contributed by atoms with E-state index in [1.807, 2.05) is 44.2 Å². The number of carboxylic acid groups (broad SMARTS) is 2. The summed E-state index contributed by atoms with van der Waals surface area (Å²) in [5.41, 5.74) is 10.6. The Morgan fingerprint density at radius 2 is 1.34 bits per heavy atom. The van der Waals surface area contributed by atoms with Crippen molar-refractivity contribution in [2.24, 2.45) is 0 Å². The minimum absolute atomic E-state index is 0. The number of rotatable bonds is 8. The number of hydrogen-bond acceptors (Lipinski definition) is 6. The van der Waals surface area contributed by atoms with Crippen LogP contribution < -0.4 is 69.3 Å². The third-order valence-corrected chi connectivity index (χ3v) is 9.00. The van der Waals surface area contributed by atoms with Gasteiger partial charge in [0.05, 0.1) is 5.69 Å². The fourth-order valence-corrected chi connectivity index (χ4v) is 6.41. The van der Waals surface area contributed by atoms with E-state index in [-0.39, 0.29) is 102 Å². The minimum Gasteiger partial charge on any atom is -0.550 e. The zero-order valence-electron chi connectivity index (χ0n) is 26.5. The van der Waals surface area contributed by atoms with Gasteiger partial charge in [0, 0.05) is 80.3 Å². The van der Waals surface area contributed by atoms with Crippen LogP contribution in [0.25, 0.3) is 28.1 Å². The van der Waals surface area contributed by atoms with Crippen LogP contribution in [0.4, 0.5) is 0 Å². The van der Waals surface area contributed by atoms with Gasteiger partial charge < -0.3 is 29.8 Å². The Kier molecular flexibility index (Phi) is 12.1. The third-order valence-electron chi connectivity index (χ3n) is 9.00. The van der Waals surface area contributed by atoms with E-state index in [4.69, 9.17) is 9.97 Å². The van der Waals surface area contributed by atoms with Gasteiger partial charge in [-0.2, -0.15) is 0 Å². The number of aryl methyl sites for hydroxylation is 3. The summed E-state index contributed by atoms with van der Waals surface area (Å²) in [4.78, 5) is 40.0. The standard InChI is InChI=1S/C34H38N4O4.2Na/c1-7-21-17(3)25-13-26-19(5)23(9-11-33(39)40)31(37-26)16-32-24(10-12-34(41)42)20(6)28(38-32)15-30-22(8-2)18(4)27(36-30)14-29(21)35-25;;/h7-8,13-16,18-19,22-23,35,38H,1-2,9-12H2,3-6H3,(H,39,40)(H,41,42);;/q;2*+1/p-2. The first-order chi connectivity index (χ1) is 20.0.